The van der Waals surface area contributed by atoms with Gasteiger partial charge in [0, 0.05) is 41.1 Å². The molecule has 1 aromatic carbocycles. The molecule has 1 atom stereocenters. The van der Waals surface area contributed by atoms with Gasteiger partial charge in [0.2, 0.25) is 0 Å². The topological polar surface area (TPSA) is 49.4 Å². The Kier molecular flexibility index (Phi) is 5.82. The number of benzene rings is 1. The third kappa shape index (κ3) is 3.86. The van der Waals surface area contributed by atoms with Gasteiger partial charge >= 0.3 is 0 Å². The number of hydrogen-bond donors (Lipinski definition) is 1. The minimum atomic E-state index is -3.12. The van der Waals surface area contributed by atoms with Crippen LogP contribution in [0.1, 0.15) is 12.5 Å². The van der Waals surface area contributed by atoms with Crippen molar-refractivity contribution < 1.29 is 8.42 Å². The second-order valence-electron chi connectivity index (χ2n) is 4.98. The van der Waals surface area contributed by atoms with Crippen LogP contribution in [0.3, 0.4) is 0 Å². The van der Waals surface area contributed by atoms with Gasteiger partial charge in [0.15, 0.2) is 9.84 Å². The van der Waals surface area contributed by atoms with Gasteiger partial charge in [-0.15, -0.1) is 0 Å². The molecular weight excluding hydrogens is 328 g/mol. The van der Waals surface area contributed by atoms with Crippen molar-refractivity contribution in [2.45, 2.75) is 18.8 Å². The Balaban J connectivity index is 2.44. The predicted molar refractivity (Wildman–Crippen MR) is 92.1 cm³/mol. The maximum absolute atomic E-state index is 12.4. The standard InChI is InChI=1S/C14H21ClN2O2S2/c1-3-21(18,19)14-10-20-7-6-17(14)13-8-12(15)5-4-11(13)9-16-2/h4-5,8,14,16H,3,6-7,9-10H2,1-2H3. The molecule has 0 bridgehead atoms. The minimum absolute atomic E-state index is 0.163. The zero-order valence-corrected chi connectivity index (χ0v) is 14.7. The SMILES string of the molecule is CCS(=O)(=O)C1CSCCN1c1cc(Cl)ccc1CNC. The van der Waals surface area contributed by atoms with Crippen LogP contribution < -0.4 is 10.2 Å². The molecule has 1 unspecified atom stereocenters. The van der Waals surface area contributed by atoms with Crippen molar-refractivity contribution in [2.24, 2.45) is 0 Å². The van der Waals surface area contributed by atoms with Gasteiger partial charge in [0.1, 0.15) is 5.37 Å². The summed E-state index contributed by atoms with van der Waals surface area (Å²) >= 11 is 7.83. The fourth-order valence-corrected chi connectivity index (χ4v) is 5.64. The molecule has 0 aliphatic carbocycles. The van der Waals surface area contributed by atoms with Gasteiger partial charge in [-0.3, -0.25) is 0 Å². The van der Waals surface area contributed by atoms with Crippen molar-refractivity contribution in [2.75, 3.05) is 35.8 Å². The summed E-state index contributed by atoms with van der Waals surface area (Å²) in [6.45, 7) is 3.12. The Morgan fingerprint density at radius 3 is 2.90 bits per heavy atom. The largest absolute Gasteiger partial charge is 0.353 e. The van der Waals surface area contributed by atoms with Crippen LogP contribution >= 0.6 is 23.4 Å². The van der Waals surface area contributed by atoms with Crippen LogP contribution in [-0.4, -0.2) is 44.6 Å². The first-order chi connectivity index (χ1) is 9.99. The second kappa shape index (κ2) is 7.22. The number of halogens is 1. The fraction of sp³-hybridized carbons (Fsp3) is 0.571. The van der Waals surface area contributed by atoms with E-state index in [4.69, 9.17) is 11.6 Å². The van der Waals surface area contributed by atoms with Crippen LogP contribution in [0.4, 0.5) is 5.69 Å². The molecule has 4 nitrogen and oxygen atoms in total. The molecule has 0 spiro atoms. The van der Waals surface area contributed by atoms with E-state index in [2.05, 4.69) is 5.32 Å². The molecule has 1 heterocycles. The van der Waals surface area contributed by atoms with Crippen molar-refractivity contribution in [3.8, 4) is 0 Å². The first-order valence-corrected chi connectivity index (χ1v) is 10.2. The average Bonchev–Trinajstić information content (AvgIpc) is 2.49. The van der Waals surface area contributed by atoms with Crippen molar-refractivity contribution >= 4 is 38.9 Å². The van der Waals surface area contributed by atoms with Crippen LogP contribution in [0, 0.1) is 0 Å². The maximum atomic E-state index is 12.4. The normalized spacial score (nSPS) is 19.8. The van der Waals surface area contributed by atoms with E-state index >= 15 is 0 Å². The Labute approximate surface area is 136 Å². The Hall–Kier alpha value is -0.430. The summed E-state index contributed by atoms with van der Waals surface area (Å²) in [5, 5.41) is 3.30. The van der Waals surface area contributed by atoms with Gasteiger partial charge in [0.05, 0.1) is 0 Å². The number of hydrogen-bond acceptors (Lipinski definition) is 5. The predicted octanol–water partition coefficient (Wildman–Crippen LogP) is 2.37. The molecule has 1 aliphatic rings. The number of nitrogens with zero attached hydrogens (tertiary/aromatic N) is 1. The maximum Gasteiger partial charge on any atom is 0.171 e. The third-order valence-corrected chi connectivity index (χ3v) is 7.15. The highest BCUT2D eigenvalue weighted by Gasteiger charge is 2.33. The molecule has 2 rings (SSSR count). The van der Waals surface area contributed by atoms with E-state index in [9.17, 15) is 8.42 Å². The van der Waals surface area contributed by atoms with Crippen molar-refractivity contribution in [3.05, 3.63) is 28.8 Å². The van der Waals surface area contributed by atoms with Crippen LogP contribution in [-0.2, 0) is 16.4 Å². The number of sulfone groups is 1. The number of rotatable bonds is 5. The Morgan fingerprint density at radius 1 is 1.48 bits per heavy atom. The molecule has 7 heteroatoms. The van der Waals surface area contributed by atoms with E-state index in [0.29, 0.717) is 17.3 Å². The molecule has 1 N–H and O–H groups in total. The quantitative estimate of drug-likeness (QED) is 0.885. The third-order valence-electron chi connectivity index (χ3n) is 3.63. The minimum Gasteiger partial charge on any atom is -0.353 e. The van der Waals surface area contributed by atoms with Crippen LogP contribution in [0.5, 0.6) is 0 Å². The molecule has 1 aliphatic heterocycles. The van der Waals surface area contributed by atoms with Crippen molar-refractivity contribution in [3.63, 3.8) is 0 Å². The lowest BCUT2D eigenvalue weighted by Gasteiger charge is -2.37. The first-order valence-electron chi connectivity index (χ1n) is 6.98. The molecule has 1 fully saturated rings. The van der Waals surface area contributed by atoms with E-state index < -0.39 is 15.2 Å². The smallest absolute Gasteiger partial charge is 0.171 e. The fourth-order valence-electron chi connectivity index (χ4n) is 2.49. The highest BCUT2D eigenvalue weighted by Crippen LogP contribution is 2.32. The van der Waals surface area contributed by atoms with Crippen molar-refractivity contribution in [1.82, 2.24) is 5.32 Å². The number of nitrogens with one attached hydrogen (secondary N) is 1. The van der Waals surface area contributed by atoms with E-state index in [1.807, 2.05) is 30.1 Å². The van der Waals surface area contributed by atoms with Gasteiger partial charge in [0.25, 0.3) is 0 Å². The molecule has 0 amide bonds. The lowest BCUT2D eigenvalue weighted by molar-refractivity contribution is 0.579. The summed E-state index contributed by atoms with van der Waals surface area (Å²) in [6.07, 6.45) is 0. The molecule has 1 saturated heterocycles. The highest BCUT2D eigenvalue weighted by molar-refractivity contribution is 8.01. The lowest BCUT2D eigenvalue weighted by Crippen LogP contribution is -2.48. The van der Waals surface area contributed by atoms with Gasteiger partial charge in [-0.25, -0.2) is 8.42 Å². The molecule has 0 radical (unpaired) electrons. The zero-order valence-electron chi connectivity index (χ0n) is 12.3. The van der Waals surface area contributed by atoms with Gasteiger partial charge in [-0.05, 0) is 24.7 Å². The summed E-state index contributed by atoms with van der Waals surface area (Å²) in [4.78, 5) is 2.01. The van der Waals surface area contributed by atoms with Crippen LogP contribution in [0.15, 0.2) is 18.2 Å². The monoisotopic (exact) mass is 348 g/mol. The van der Waals surface area contributed by atoms with Crippen LogP contribution in [0.25, 0.3) is 0 Å². The first kappa shape index (κ1) is 16.9. The van der Waals surface area contributed by atoms with E-state index in [0.717, 1.165) is 23.5 Å². The van der Waals surface area contributed by atoms with Crippen LogP contribution in [0.2, 0.25) is 5.02 Å². The molecule has 1 aromatic rings. The van der Waals surface area contributed by atoms with Crippen molar-refractivity contribution in [1.29, 1.82) is 0 Å². The summed E-state index contributed by atoms with van der Waals surface area (Å²) in [6, 6.07) is 5.69. The van der Waals surface area contributed by atoms with Gasteiger partial charge < -0.3 is 10.2 Å². The van der Waals surface area contributed by atoms with E-state index in [-0.39, 0.29) is 5.75 Å². The zero-order chi connectivity index (χ0) is 15.5. The highest BCUT2D eigenvalue weighted by atomic mass is 35.5. The molecule has 21 heavy (non-hydrogen) atoms. The van der Waals surface area contributed by atoms with Gasteiger partial charge in [-0.2, -0.15) is 11.8 Å². The summed E-state index contributed by atoms with van der Waals surface area (Å²) < 4.78 is 24.8. The van der Waals surface area contributed by atoms with E-state index in [1.54, 1.807) is 18.7 Å². The summed E-state index contributed by atoms with van der Waals surface area (Å²) in [7, 11) is -1.24. The van der Waals surface area contributed by atoms with E-state index in [1.165, 1.54) is 0 Å². The Bertz CT molecular complexity index is 593. The lowest BCUT2D eigenvalue weighted by atomic mass is 10.1. The summed E-state index contributed by atoms with van der Waals surface area (Å²) in [5.74, 6) is 1.71. The molecule has 0 saturated carbocycles. The number of thioether (sulfide) groups is 1. The molecule has 0 aromatic heterocycles. The molecule has 118 valence electrons. The Morgan fingerprint density at radius 2 is 2.24 bits per heavy atom. The summed E-state index contributed by atoms with van der Waals surface area (Å²) in [5.41, 5.74) is 2.00. The molecular formula is C14H21ClN2O2S2. The van der Waals surface area contributed by atoms with Gasteiger partial charge in [-0.1, -0.05) is 24.6 Å². The number of anilines is 1. The second-order valence-corrected chi connectivity index (χ2v) is 9.01. The average molecular weight is 349 g/mol.